The van der Waals surface area contributed by atoms with Gasteiger partial charge in [-0.3, -0.25) is 14.6 Å². The van der Waals surface area contributed by atoms with Crippen LogP contribution in [0.25, 0.3) is 10.9 Å². The van der Waals surface area contributed by atoms with Gasteiger partial charge in [0.1, 0.15) is 5.82 Å². The number of benzene rings is 1. The molecule has 0 fully saturated rings. The number of aryl methyl sites for hydroxylation is 1. The van der Waals surface area contributed by atoms with Crippen molar-refractivity contribution < 1.29 is 4.39 Å². The summed E-state index contributed by atoms with van der Waals surface area (Å²) in [4.78, 5) is 11.1. The molecule has 1 aromatic carbocycles. The lowest BCUT2D eigenvalue weighted by Gasteiger charge is -1.92. The molecule has 0 spiro atoms. The molecule has 0 aliphatic carbocycles. The van der Waals surface area contributed by atoms with Crippen molar-refractivity contribution in [2.45, 2.75) is 0 Å². The van der Waals surface area contributed by atoms with Crippen molar-refractivity contribution >= 4 is 10.9 Å². The van der Waals surface area contributed by atoms with Gasteiger partial charge in [-0.05, 0) is 18.2 Å². The molecule has 0 unspecified atom stereocenters. The summed E-state index contributed by atoms with van der Waals surface area (Å²) < 4.78 is 14.2. The van der Waals surface area contributed by atoms with E-state index in [-0.39, 0.29) is 11.4 Å². The van der Waals surface area contributed by atoms with E-state index in [0.29, 0.717) is 10.9 Å². The Bertz CT molecular complexity index is 483. The van der Waals surface area contributed by atoms with Crippen molar-refractivity contribution in [3.63, 3.8) is 0 Å². The Morgan fingerprint density at radius 2 is 2.25 bits per heavy atom. The zero-order chi connectivity index (χ0) is 8.72. The maximum absolute atomic E-state index is 12.7. The van der Waals surface area contributed by atoms with Crippen molar-refractivity contribution in [1.82, 2.24) is 9.78 Å². The fourth-order valence-electron chi connectivity index (χ4n) is 1.25. The second-order valence-electron chi connectivity index (χ2n) is 2.66. The lowest BCUT2D eigenvalue weighted by atomic mass is 10.2. The summed E-state index contributed by atoms with van der Waals surface area (Å²) in [6.07, 6.45) is 0. The third-order valence-corrected chi connectivity index (χ3v) is 1.84. The van der Waals surface area contributed by atoms with Crippen molar-refractivity contribution in [3.8, 4) is 0 Å². The molecular weight excluding hydrogens is 159 g/mol. The lowest BCUT2D eigenvalue weighted by Crippen LogP contribution is -2.01. The molecule has 2 aromatic rings. The first-order valence-electron chi connectivity index (χ1n) is 3.53. The molecule has 0 aliphatic heterocycles. The summed E-state index contributed by atoms with van der Waals surface area (Å²) in [7, 11) is 1.67. The van der Waals surface area contributed by atoms with Crippen LogP contribution in [0.15, 0.2) is 23.0 Å². The summed E-state index contributed by atoms with van der Waals surface area (Å²) in [5.41, 5.74) is 0.396. The minimum atomic E-state index is -0.336. The normalized spacial score (nSPS) is 10.8. The molecule has 4 heteroatoms. The first-order valence-corrected chi connectivity index (χ1v) is 3.53. The number of fused-ring (bicyclic) bond motifs is 1. The minimum absolute atomic E-state index is 0.187. The fraction of sp³-hybridized carbons (Fsp3) is 0.125. The van der Waals surface area contributed by atoms with E-state index in [2.05, 4.69) is 5.10 Å². The highest BCUT2D eigenvalue weighted by molar-refractivity contribution is 5.78. The Morgan fingerprint density at radius 1 is 1.50 bits per heavy atom. The summed E-state index contributed by atoms with van der Waals surface area (Å²) in [6.45, 7) is 0. The highest BCUT2D eigenvalue weighted by Gasteiger charge is 2.03. The zero-order valence-electron chi connectivity index (χ0n) is 6.47. The van der Waals surface area contributed by atoms with Crippen LogP contribution < -0.4 is 5.56 Å². The molecule has 2 rings (SSSR count). The fourth-order valence-corrected chi connectivity index (χ4v) is 1.25. The Morgan fingerprint density at radius 3 is 3.00 bits per heavy atom. The SMILES string of the molecule is Cn1[nH]c(=O)c2ccc(F)cc21. The van der Waals surface area contributed by atoms with Gasteiger partial charge in [-0.2, -0.15) is 0 Å². The highest BCUT2D eigenvalue weighted by atomic mass is 19.1. The van der Waals surface area contributed by atoms with Crippen molar-refractivity contribution in [3.05, 3.63) is 34.4 Å². The van der Waals surface area contributed by atoms with E-state index in [1.54, 1.807) is 7.05 Å². The largest absolute Gasteiger partial charge is 0.287 e. The van der Waals surface area contributed by atoms with Crippen molar-refractivity contribution in [2.24, 2.45) is 7.05 Å². The number of nitrogens with one attached hydrogen (secondary N) is 1. The summed E-state index contributed by atoms with van der Waals surface area (Å²) in [5.74, 6) is -0.336. The molecule has 0 saturated carbocycles. The number of aromatic amines is 1. The molecule has 0 saturated heterocycles. The molecule has 12 heavy (non-hydrogen) atoms. The molecule has 0 bridgehead atoms. The van der Waals surface area contributed by atoms with Gasteiger partial charge in [0.15, 0.2) is 0 Å². The van der Waals surface area contributed by atoms with Gasteiger partial charge in [0, 0.05) is 7.05 Å². The molecule has 0 aliphatic rings. The van der Waals surface area contributed by atoms with Crippen LogP contribution in [-0.4, -0.2) is 9.78 Å². The second kappa shape index (κ2) is 2.20. The van der Waals surface area contributed by atoms with Crippen LogP contribution in [0.2, 0.25) is 0 Å². The molecule has 62 valence electrons. The van der Waals surface area contributed by atoms with Crippen LogP contribution in [0.5, 0.6) is 0 Å². The van der Waals surface area contributed by atoms with E-state index in [0.717, 1.165) is 0 Å². The zero-order valence-corrected chi connectivity index (χ0v) is 6.47. The van der Waals surface area contributed by atoms with Crippen LogP contribution in [0.3, 0.4) is 0 Å². The van der Waals surface area contributed by atoms with Gasteiger partial charge in [-0.25, -0.2) is 4.39 Å². The van der Waals surface area contributed by atoms with Crippen LogP contribution in [0, 0.1) is 5.82 Å². The summed E-state index contributed by atoms with van der Waals surface area (Å²) >= 11 is 0. The van der Waals surface area contributed by atoms with E-state index >= 15 is 0 Å². The van der Waals surface area contributed by atoms with E-state index in [1.165, 1.54) is 22.9 Å². The third kappa shape index (κ3) is 0.845. The van der Waals surface area contributed by atoms with Crippen molar-refractivity contribution in [2.75, 3.05) is 0 Å². The third-order valence-electron chi connectivity index (χ3n) is 1.84. The predicted octanol–water partition coefficient (Wildman–Crippen LogP) is 1.01. The van der Waals surface area contributed by atoms with E-state index in [4.69, 9.17) is 0 Å². The van der Waals surface area contributed by atoms with Crippen LogP contribution in [0.4, 0.5) is 4.39 Å². The van der Waals surface area contributed by atoms with Crippen LogP contribution in [-0.2, 0) is 7.05 Å². The molecule has 0 atom stereocenters. The number of rotatable bonds is 0. The van der Waals surface area contributed by atoms with Gasteiger partial charge in [-0.15, -0.1) is 0 Å². The van der Waals surface area contributed by atoms with Crippen LogP contribution in [0.1, 0.15) is 0 Å². The van der Waals surface area contributed by atoms with E-state index < -0.39 is 0 Å². The summed E-state index contributed by atoms with van der Waals surface area (Å²) in [5, 5.41) is 3.05. The van der Waals surface area contributed by atoms with E-state index in [9.17, 15) is 9.18 Å². The first-order chi connectivity index (χ1) is 5.68. The van der Waals surface area contributed by atoms with Gasteiger partial charge >= 0.3 is 0 Å². The highest BCUT2D eigenvalue weighted by Crippen LogP contribution is 2.09. The Balaban J connectivity index is 3.00. The van der Waals surface area contributed by atoms with Gasteiger partial charge in [0.05, 0.1) is 10.9 Å². The second-order valence-corrected chi connectivity index (χ2v) is 2.66. The van der Waals surface area contributed by atoms with E-state index in [1.807, 2.05) is 0 Å². The maximum Gasteiger partial charge on any atom is 0.271 e. The summed E-state index contributed by atoms with van der Waals surface area (Å²) in [6, 6.07) is 4.08. The number of halogens is 1. The molecule has 1 aromatic heterocycles. The number of H-pyrrole nitrogens is 1. The molecular formula is C8H7FN2O. The lowest BCUT2D eigenvalue weighted by molar-refractivity contribution is 0.628. The van der Waals surface area contributed by atoms with Crippen molar-refractivity contribution in [1.29, 1.82) is 0 Å². The number of hydrogen-bond donors (Lipinski definition) is 1. The minimum Gasteiger partial charge on any atom is -0.287 e. The Kier molecular flexibility index (Phi) is 1.30. The standard InChI is InChI=1S/C8H7FN2O/c1-11-7-4-5(9)2-3-6(7)8(12)10-11/h2-4H,1H3,(H,10,12). The van der Waals surface area contributed by atoms with Crippen LogP contribution >= 0.6 is 0 Å². The topological polar surface area (TPSA) is 37.8 Å². The van der Waals surface area contributed by atoms with Gasteiger partial charge in [0.25, 0.3) is 5.56 Å². The van der Waals surface area contributed by atoms with Gasteiger partial charge in [0.2, 0.25) is 0 Å². The molecule has 3 nitrogen and oxygen atoms in total. The number of hydrogen-bond acceptors (Lipinski definition) is 1. The van der Waals surface area contributed by atoms with Gasteiger partial charge < -0.3 is 0 Å². The average Bonchev–Trinajstić information content (AvgIpc) is 2.28. The molecule has 1 N–H and O–H groups in total. The predicted molar refractivity (Wildman–Crippen MR) is 43.5 cm³/mol. The number of nitrogens with zero attached hydrogens (tertiary/aromatic N) is 1. The smallest absolute Gasteiger partial charge is 0.271 e. The Labute approximate surface area is 67.4 Å². The maximum atomic E-state index is 12.7. The Hall–Kier alpha value is -1.58. The monoisotopic (exact) mass is 166 g/mol. The average molecular weight is 166 g/mol. The molecule has 0 amide bonds. The number of aromatic nitrogens is 2. The first kappa shape index (κ1) is 7.09. The molecule has 0 radical (unpaired) electrons. The molecule has 1 heterocycles. The quantitative estimate of drug-likeness (QED) is 0.623. The van der Waals surface area contributed by atoms with Gasteiger partial charge in [-0.1, -0.05) is 0 Å².